The molecule has 3 aromatic carbocycles. The van der Waals surface area contributed by atoms with Crippen LogP contribution in [0, 0.1) is 0 Å². The summed E-state index contributed by atoms with van der Waals surface area (Å²) in [5, 5.41) is 5.56. The van der Waals surface area contributed by atoms with Crippen LogP contribution in [0.15, 0.2) is 60.7 Å². The number of anilines is 1. The number of amides is 1. The van der Waals surface area contributed by atoms with E-state index >= 15 is 0 Å². The van der Waals surface area contributed by atoms with E-state index in [0.29, 0.717) is 16.4 Å². The molecular formula is C20H14N2O3S. The number of hydrogen-bond acceptors (Lipinski definition) is 5. The molecule has 0 bridgehead atoms. The monoisotopic (exact) mass is 362 g/mol. The predicted octanol–water partition coefficient (Wildman–Crippen LogP) is 4.63. The minimum absolute atomic E-state index is 0.261. The first kappa shape index (κ1) is 16.2. The highest BCUT2D eigenvalue weighted by molar-refractivity contribution is 7.22. The number of nitrogens with zero attached hydrogens (tertiary/aromatic N) is 1. The van der Waals surface area contributed by atoms with E-state index in [1.54, 1.807) is 24.3 Å². The molecule has 26 heavy (non-hydrogen) atoms. The molecule has 128 valence electrons. The number of carbonyl (C=O) groups is 2. The largest absolute Gasteiger partial charge is 0.427 e. The second kappa shape index (κ2) is 6.57. The van der Waals surface area contributed by atoms with Crippen molar-refractivity contribution in [3.05, 3.63) is 66.2 Å². The Labute approximate surface area is 153 Å². The van der Waals surface area contributed by atoms with Crippen molar-refractivity contribution >= 4 is 49.3 Å². The van der Waals surface area contributed by atoms with Crippen LogP contribution in [0.4, 0.5) is 5.13 Å². The third kappa shape index (κ3) is 3.14. The van der Waals surface area contributed by atoms with E-state index in [-0.39, 0.29) is 5.91 Å². The van der Waals surface area contributed by atoms with Crippen molar-refractivity contribution in [3.63, 3.8) is 0 Å². The summed E-state index contributed by atoms with van der Waals surface area (Å²) in [6, 6.07) is 18.5. The molecule has 4 aromatic rings. The Balaban J connectivity index is 1.59. The van der Waals surface area contributed by atoms with Gasteiger partial charge < -0.3 is 4.74 Å². The van der Waals surface area contributed by atoms with Gasteiger partial charge in [0.05, 0.1) is 10.2 Å². The summed E-state index contributed by atoms with van der Waals surface area (Å²) < 4.78 is 5.98. The molecule has 0 unspecified atom stereocenters. The third-order valence-electron chi connectivity index (χ3n) is 3.88. The first-order chi connectivity index (χ1) is 12.6. The van der Waals surface area contributed by atoms with Crippen molar-refractivity contribution in [2.45, 2.75) is 6.92 Å². The van der Waals surface area contributed by atoms with Crippen LogP contribution in [0.5, 0.6) is 5.75 Å². The van der Waals surface area contributed by atoms with Gasteiger partial charge in [0.1, 0.15) is 5.75 Å². The summed E-state index contributed by atoms with van der Waals surface area (Å²) in [6.07, 6.45) is 0. The van der Waals surface area contributed by atoms with Crippen LogP contribution >= 0.6 is 11.3 Å². The fourth-order valence-electron chi connectivity index (χ4n) is 2.72. The fourth-order valence-corrected chi connectivity index (χ4v) is 3.60. The molecule has 1 heterocycles. The van der Waals surface area contributed by atoms with E-state index in [0.717, 1.165) is 21.0 Å². The smallest absolute Gasteiger partial charge is 0.308 e. The molecule has 1 N–H and O–H groups in total. The van der Waals surface area contributed by atoms with Crippen LogP contribution in [0.25, 0.3) is 21.0 Å². The SMILES string of the molecule is CC(=O)Oc1ccc(C(=O)Nc2nc3c(ccc4ccccc43)s2)cc1. The number of esters is 1. The highest BCUT2D eigenvalue weighted by Gasteiger charge is 2.12. The number of benzene rings is 3. The molecule has 1 amide bonds. The number of hydrogen-bond donors (Lipinski definition) is 1. The summed E-state index contributed by atoms with van der Waals surface area (Å²) in [4.78, 5) is 28.0. The highest BCUT2D eigenvalue weighted by Crippen LogP contribution is 2.31. The number of carbonyl (C=O) groups excluding carboxylic acids is 2. The fraction of sp³-hybridized carbons (Fsp3) is 0.0500. The van der Waals surface area contributed by atoms with Crippen molar-refractivity contribution in [3.8, 4) is 5.75 Å². The average Bonchev–Trinajstić information content (AvgIpc) is 3.04. The van der Waals surface area contributed by atoms with E-state index in [1.165, 1.54) is 18.3 Å². The molecule has 0 saturated carbocycles. The number of nitrogens with one attached hydrogen (secondary N) is 1. The normalized spacial score (nSPS) is 10.8. The van der Waals surface area contributed by atoms with Crippen molar-refractivity contribution in [1.29, 1.82) is 0 Å². The van der Waals surface area contributed by atoms with Gasteiger partial charge in [-0.1, -0.05) is 41.7 Å². The van der Waals surface area contributed by atoms with E-state index in [4.69, 9.17) is 4.74 Å². The number of aromatic nitrogens is 1. The van der Waals surface area contributed by atoms with E-state index in [2.05, 4.69) is 16.4 Å². The Morgan fingerprint density at radius 2 is 1.77 bits per heavy atom. The van der Waals surface area contributed by atoms with Gasteiger partial charge in [-0.05, 0) is 35.7 Å². The molecule has 6 heteroatoms. The van der Waals surface area contributed by atoms with Gasteiger partial charge in [0.2, 0.25) is 0 Å². The van der Waals surface area contributed by atoms with Gasteiger partial charge in [0.25, 0.3) is 5.91 Å². The molecule has 0 fully saturated rings. The van der Waals surface area contributed by atoms with Crippen molar-refractivity contribution < 1.29 is 14.3 Å². The Bertz CT molecular complexity index is 1130. The maximum Gasteiger partial charge on any atom is 0.308 e. The van der Waals surface area contributed by atoms with Gasteiger partial charge in [-0.2, -0.15) is 0 Å². The Hall–Kier alpha value is -3.25. The maximum atomic E-state index is 12.4. The Morgan fingerprint density at radius 1 is 1.00 bits per heavy atom. The number of ether oxygens (including phenoxy) is 1. The van der Waals surface area contributed by atoms with Crippen LogP contribution in [0.1, 0.15) is 17.3 Å². The molecule has 4 rings (SSSR count). The summed E-state index contributed by atoms with van der Waals surface area (Å²) in [6.45, 7) is 1.33. The molecule has 0 spiro atoms. The van der Waals surface area contributed by atoms with E-state index < -0.39 is 5.97 Å². The summed E-state index contributed by atoms with van der Waals surface area (Å²) >= 11 is 1.43. The second-order valence-electron chi connectivity index (χ2n) is 5.72. The number of rotatable bonds is 3. The van der Waals surface area contributed by atoms with Crippen LogP contribution in [0.3, 0.4) is 0 Å². The third-order valence-corrected chi connectivity index (χ3v) is 4.82. The zero-order valence-corrected chi connectivity index (χ0v) is 14.7. The minimum atomic E-state index is -0.399. The van der Waals surface area contributed by atoms with Gasteiger partial charge in [-0.15, -0.1) is 0 Å². The molecule has 0 radical (unpaired) electrons. The molecule has 0 aliphatic heterocycles. The molecular weight excluding hydrogens is 348 g/mol. The van der Waals surface area contributed by atoms with Crippen LogP contribution < -0.4 is 10.1 Å². The van der Waals surface area contributed by atoms with Crippen molar-refractivity contribution in [2.75, 3.05) is 5.32 Å². The molecule has 0 atom stereocenters. The topological polar surface area (TPSA) is 68.3 Å². The number of fused-ring (bicyclic) bond motifs is 3. The quantitative estimate of drug-likeness (QED) is 0.426. The summed E-state index contributed by atoms with van der Waals surface area (Å²) in [5.74, 6) is -0.257. The van der Waals surface area contributed by atoms with E-state index in [9.17, 15) is 9.59 Å². The van der Waals surface area contributed by atoms with Crippen LogP contribution in [0.2, 0.25) is 0 Å². The molecule has 0 aliphatic carbocycles. The maximum absolute atomic E-state index is 12.4. The first-order valence-corrected chi connectivity index (χ1v) is 8.80. The van der Waals surface area contributed by atoms with Gasteiger partial charge >= 0.3 is 5.97 Å². The van der Waals surface area contributed by atoms with Gasteiger partial charge in [0.15, 0.2) is 5.13 Å². The van der Waals surface area contributed by atoms with Gasteiger partial charge in [-0.25, -0.2) is 4.98 Å². The lowest BCUT2D eigenvalue weighted by Crippen LogP contribution is -2.11. The first-order valence-electron chi connectivity index (χ1n) is 7.98. The zero-order chi connectivity index (χ0) is 18.1. The standard InChI is InChI=1S/C20H14N2O3S/c1-12(23)25-15-9-6-14(7-10-15)19(24)22-20-21-18-16-5-3-2-4-13(16)8-11-17(18)26-20/h2-11H,1H3,(H,21,22,24). The summed E-state index contributed by atoms with van der Waals surface area (Å²) in [7, 11) is 0. The van der Waals surface area contributed by atoms with Gasteiger partial charge in [-0.3, -0.25) is 14.9 Å². The van der Waals surface area contributed by atoms with Crippen LogP contribution in [-0.4, -0.2) is 16.9 Å². The minimum Gasteiger partial charge on any atom is -0.427 e. The van der Waals surface area contributed by atoms with Crippen LogP contribution in [-0.2, 0) is 4.79 Å². The lowest BCUT2D eigenvalue weighted by atomic mass is 10.1. The molecule has 0 aliphatic rings. The second-order valence-corrected chi connectivity index (χ2v) is 6.76. The zero-order valence-electron chi connectivity index (χ0n) is 13.9. The van der Waals surface area contributed by atoms with Crippen molar-refractivity contribution in [1.82, 2.24) is 4.98 Å². The molecule has 0 saturated heterocycles. The highest BCUT2D eigenvalue weighted by atomic mass is 32.1. The van der Waals surface area contributed by atoms with E-state index in [1.807, 2.05) is 30.3 Å². The lowest BCUT2D eigenvalue weighted by Gasteiger charge is -2.03. The average molecular weight is 362 g/mol. The molecule has 5 nitrogen and oxygen atoms in total. The van der Waals surface area contributed by atoms with Gasteiger partial charge in [0, 0.05) is 17.9 Å². The molecule has 1 aromatic heterocycles. The number of thiazole rings is 1. The van der Waals surface area contributed by atoms with Crippen molar-refractivity contribution in [2.24, 2.45) is 0 Å². The summed E-state index contributed by atoms with van der Waals surface area (Å²) in [5.41, 5.74) is 1.35. The predicted molar refractivity (Wildman–Crippen MR) is 103 cm³/mol. The lowest BCUT2D eigenvalue weighted by molar-refractivity contribution is -0.131. The Morgan fingerprint density at radius 3 is 2.54 bits per heavy atom. The Kier molecular flexibility index (Phi) is 4.10.